The van der Waals surface area contributed by atoms with E-state index in [0.717, 1.165) is 42.6 Å². The molecule has 0 atom stereocenters. The molecule has 0 radical (unpaired) electrons. The lowest BCUT2D eigenvalue weighted by Gasteiger charge is -2.11. The maximum Gasteiger partial charge on any atom is 0.290 e. The predicted octanol–water partition coefficient (Wildman–Crippen LogP) is 3.00. The number of rotatable bonds is 7. The average molecular weight is 447 g/mol. The Balaban J connectivity index is 1.46. The molecule has 1 aliphatic heterocycles. The third kappa shape index (κ3) is 5.11. The molecule has 3 aromatic rings. The standard InChI is InChI=1S/C25H26N4O4/c1-2-3-6-14-29-25(32)20-8-5-4-7-19(20)23(28-29)24(31)27-26-22(30)12-10-17-9-11-21-18(16-17)13-15-33-21/h4-5,7-12,16H,2-3,6,13-15H2,1H3,(H,26,30)(H,27,31)/b12-10+. The van der Waals surface area contributed by atoms with Crippen molar-refractivity contribution in [3.05, 3.63) is 75.7 Å². The monoisotopic (exact) mass is 446 g/mol. The predicted molar refractivity (Wildman–Crippen MR) is 126 cm³/mol. The third-order valence-electron chi connectivity index (χ3n) is 5.50. The van der Waals surface area contributed by atoms with E-state index in [0.29, 0.717) is 23.9 Å². The Kier molecular flexibility index (Phi) is 6.83. The SMILES string of the molecule is CCCCCn1nc(C(=O)NNC(=O)/C=C/c2ccc3c(c2)CCO3)c2ccccc2c1=O. The van der Waals surface area contributed by atoms with E-state index in [1.165, 1.54) is 10.8 Å². The van der Waals surface area contributed by atoms with Gasteiger partial charge in [-0.2, -0.15) is 5.10 Å². The van der Waals surface area contributed by atoms with Crippen molar-refractivity contribution < 1.29 is 14.3 Å². The maximum absolute atomic E-state index is 12.8. The Hall–Kier alpha value is -3.94. The number of nitrogens with zero attached hydrogens (tertiary/aromatic N) is 2. The van der Waals surface area contributed by atoms with Crippen molar-refractivity contribution >= 4 is 28.7 Å². The number of fused-ring (bicyclic) bond motifs is 2. The first kappa shape index (κ1) is 22.3. The molecule has 33 heavy (non-hydrogen) atoms. The second kappa shape index (κ2) is 10.1. The summed E-state index contributed by atoms with van der Waals surface area (Å²) < 4.78 is 6.81. The highest BCUT2D eigenvalue weighted by molar-refractivity contribution is 6.05. The topological polar surface area (TPSA) is 102 Å². The normalized spacial score (nSPS) is 12.5. The molecule has 0 aliphatic carbocycles. The highest BCUT2D eigenvalue weighted by Crippen LogP contribution is 2.26. The van der Waals surface area contributed by atoms with Gasteiger partial charge in [0.25, 0.3) is 17.4 Å². The summed E-state index contributed by atoms with van der Waals surface area (Å²) >= 11 is 0. The number of carbonyl (C=O) groups excluding carboxylic acids is 2. The summed E-state index contributed by atoms with van der Waals surface area (Å²) in [6.45, 7) is 3.17. The van der Waals surface area contributed by atoms with Gasteiger partial charge in [-0.3, -0.25) is 25.2 Å². The van der Waals surface area contributed by atoms with Crippen molar-refractivity contribution in [1.82, 2.24) is 20.6 Å². The summed E-state index contributed by atoms with van der Waals surface area (Å²) in [6, 6.07) is 12.6. The number of hydrogen-bond donors (Lipinski definition) is 2. The van der Waals surface area contributed by atoms with Crippen LogP contribution < -0.4 is 21.1 Å². The van der Waals surface area contributed by atoms with Crippen LogP contribution in [-0.2, 0) is 17.8 Å². The van der Waals surface area contributed by atoms with Crippen molar-refractivity contribution in [3.63, 3.8) is 0 Å². The molecule has 0 saturated carbocycles. The summed E-state index contributed by atoms with van der Waals surface area (Å²) in [5.74, 6) is -0.202. The van der Waals surface area contributed by atoms with Gasteiger partial charge in [-0.15, -0.1) is 0 Å². The fraction of sp³-hybridized carbons (Fsp3) is 0.280. The van der Waals surface area contributed by atoms with Gasteiger partial charge in [0.15, 0.2) is 5.69 Å². The molecule has 2 heterocycles. The number of unbranched alkanes of at least 4 members (excludes halogenated alkanes) is 2. The molecule has 2 amide bonds. The van der Waals surface area contributed by atoms with E-state index in [-0.39, 0.29) is 11.3 Å². The highest BCUT2D eigenvalue weighted by Gasteiger charge is 2.17. The number of hydrazine groups is 1. The van der Waals surface area contributed by atoms with Crippen LogP contribution in [-0.4, -0.2) is 28.2 Å². The first-order valence-corrected chi connectivity index (χ1v) is 11.1. The van der Waals surface area contributed by atoms with Crippen molar-refractivity contribution in [3.8, 4) is 5.75 Å². The Labute approximate surface area is 191 Å². The molecular weight excluding hydrogens is 420 g/mol. The summed E-state index contributed by atoms with van der Waals surface area (Å²) in [6.07, 6.45) is 6.62. The second-order valence-electron chi connectivity index (χ2n) is 7.87. The fourth-order valence-corrected chi connectivity index (χ4v) is 3.77. The van der Waals surface area contributed by atoms with Crippen LogP contribution >= 0.6 is 0 Å². The van der Waals surface area contributed by atoms with Gasteiger partial charge in [0, 0.05) is 24.4 Å². The zero-order chi connectivity index (χ0) is 23.2. The number of amides is 2. The molecule has 2 aromatic carbocycles. The summed E-state index contributed by atoms with van der Waals surface area (Å²) in [7, 11) is 0. The zero-order valence-electron chi connectivity index (χ0n) is 18.5. The van der Waals surface area contributed by atoms with E-state index in [1.807, 2.05) is 18.2 Å². The molecule has 0 saturated heterocycles. The minimum atomic E-state index is -0.591. The molecule has 0 bridgehead atoms. The Morgan fingerprint density at radius 3 is 2.76 bits per heavy atom. The van der Waals surface area contributed by atoms with Gasteiger partial charge in [-0.05, 0) is 41.8 Å². The molecule has 2 N–H and O–H groups in total. The van der Waals surface area contributed by atoms with Crippen LogP contribution in [0.3, 0.4) is 0 Å². The lowest BCUT2D eigenvalue weighted by molar-refractivity contribution is -0.117. The van der Waals surface area contributed by atoms with E-state index in [2.05, 4.69) is 22.9 Å². The number of hydrogen-bond acceptors (Lipinski definition) is 5. The Morgan fingerprint density at radius 2 is 1.94 bits per heavy atom. The van der Waals surface area contributed by atoms with Gasteiger partial charge >= 0.3 is 0 Å². The number of carbonyl (C=O) groups is 2. The van der Waals surface area contributed by atoms with E-state index >= 15 is 0 Å². The first-order chi connectivity index (χ1) is 16.1. The second-order valence-corrected chi connectivity index (χ2v) is 7.87. The maximum atomic E-state index is 12.8. The minimum absolute atomic E-state index is 0.0876. The lowest BCUT2D eigenvalue weighted by Crippen LogP contribution is -2.42. The quantitative estimate of drug-likeness (QED) is 0.330. The molecule has 170 valence electrons. The molecule has 1 aromatic heterocycles. The number of nitrogens with one attached hydrogen (secondary N) is 2. The number of aryl methyl sites for hydroxylation is 1. The third-order valence-corrected chi connectivity index (χ3v) is 5.50. The van der Waals surface area contributed by atoms with Crippen LogP contribution in [0.4, 0.5) is 0 Å². The minimum Gasteiger partial charge on any atom is -0.493 e. The zero-order valence-corrected chi connectivity index (χ0v) is 18.5. The van der Waals surface area contributed by atoms with Crippen LogP contribution in [0.15, 0.2) is 53.3 Å². The van der Waals surface area contributed by atoms with Crippen LogP contribution in [0.25, 0.3) is 16.8 Å². The van der Waals surface area contributed by atoms with Gasteiger partial charge in [0.05, 0.1) is 12.0 Å². The average Bonchev–Trinajstić information content (AvgIpc) is 3.31. The van der Waals surface area contributed by atoms with Crippen LogP contribution in [0.5, 0.6) is 5.75 Å². The highest BCUT2D eigenvalue weighted by atomic mass is 16.5. The van der Waals surface area contributed by atoms with Gasteiger partial charge in [0.2, 0.25) is 0 Å². The van der Waals surface area contributed by atoms with E-state index in [1.54, 1.807) is 30.3 Å². The van der Waals surface area contributed by atoms with Gasteiger partial charge in [-0.1, -0.05) is 44.0 Å². The van der Waals surface area contributed by atoms with E-state index < -0.39 is 11.8 Å². The summed E-state index contributed by atoms with van der Waals surface area (Å²) in [5.41, 5.74) is 6.61. The Morgan fingerprint density at radius 1 is 1.12 bits per heavy atom. The largest absolute Gasteiger partial charge is 0.493 e. The van der Waals surface area contributed by atoms with Crippen molar-refractivity contribution in [2.24, 2.45) is 0 Å². The van der Waals surface area contributed by atoms with Crippen LogP contribution in [0.2, 0.25) is 0 Å². The van der Waals surface area contributed by atoms with Gasteiger partial charge in [0.1, 0.15) is 5.75 Å². The van der Waals surface area contributed by atoms with Crippen LogP contribution in [0, 0.1) is 0 Å². The van der Waals surface area contributed by atoms with Crippen molar-refractivity contribution in [2.75, 3.05) is 6.61 Å². The fourth-order valence-electron chi connectivity index (χ4n) is 3.77. The number of benzene rings is 2. The van der Waals surface area contributed by atoms with Crippen LogP contribution in [0.1, 0.15) is 47.8 Å². The molecule has 8 nitrogen and oxygen atoms in total. The smallest absolute Gasteiger partial charge is 0.290 e. The van der Waals surface area contributed by atoms with Gasteiger partial charge in [-0.25, -0.2) is 4.68 Å². The summed E-state index contributed by atoms with van der Waals surface area (Å²) in [5, 5.41) is 5.15. The molecule has 1 aliphatic rings. The Bertz CT molecular complexity index is 1280. The lowest BCUT2D eigenvalue weighted by atomic mass is 10.1. The number of ether oxygens (including phenoxy) is 1. The molecule has 0 fully saturated rings. The van der Waals surface area contributed by atoms with Gasteiger partial charge < -0.3 is 4.74 Å². The molecule has 0 unspecified atom stereocenters. The molecule has 4 rings (SSSR count). The summed E-state index contributed by atoms with van der Waals surface area (Å²) in [4.78, 5) is 37.8. The van der Waals surface area contributed by atoms with E-state index in [4.69, 9.17) is 4.74 Å². The number of aromatic nitrogens is 2. The molecule has 0 spiro atoms. The van der Waals surface area contributed by atoms with Crippen molar-refractivity contribution in [1.29, 1.82) is 0 Å². The molecule has 8 heteroatoms. The molecular formula is C25H26N4O4. The van der Waals surface area contributed by atoms with E-state index in [9.17, 15) is 14.4 Å². The first-order valence-electron chi connectivity index (χ1n) is 11.1. The van der Waals surface area contributed by atoms with Crippen molar-refractivity contribution in [2.45, 2.75) is 39.2 Å².